The van der Waals surface area contributed by atoms with Crippen molar-refractivity contribution in [2.24, 2.45) is 0 Å². The zero-order valence-corrected chi connectivity index (χ0v) is 11.8. The molecular weight excluding hydrogens is 226 g/mol. The van der Waals surface area contributed by atoms with Crippen LogP contribution in [0, 0.1) is 0 Å². The number of rotatable bonds is 7. The van der Waals surface area contributed by atoms with Crippen LogP contribution in [-0.2, 0) is 0 Å². The molecule has 0 radical (unpaired) electrons. The fourth-order valence-electron chi connectivity index (χ4n) is 1.80. The third-order valence-electron chi connectivity index (χ3n) is 3.05. The number of nitrogens with zero attached hydrogens (tertiary/aromatic N) is 2. The van der Waals surface area contributed by atoms with Gasteiger partial charge in [0.2, 0.25) is 0 Å². The van der Waals surface area contributed by atoms with Crippen molar-refractivity contribution in [3.8, 4) is 0 Å². The topological polar surface area (TPSA) is 48.4 Å². The Morgan fingerprint density at radius 1 is 1.39 bits per heavy atom. The van der Waals surface area contributed by atoms with E-state index in [4.69, 9.17) is 0 Å². The van der Waals surface area contributed by atoms with Crippen LogP contribution in [-0.4, -0.2) is 36.3 Å². The zero-order valence-electron chi connectivity index (χ0n) is 11.8. The molecule has 0 aromatic carbocycles. The van der Waals surface area contributed by atoms with Crippen LogP contribution < -0.4 is 10.2 Å². The average Bonchev–Trinajstić information content (AvgIpc) is 2.36. The van der Waals surface area contributed by atoms with Crippen LogP contribution >= 0.6 is 0 Å². The van der Waals surface area contributed by atoms with Gasteiger partial charge in [-0.15, -0.1) is 0 Å². The molecule has 1 aromatic heterocycles. The van der Waals surface area contributed by atoms with Crippen LogP contribution in [0.5, 0.6) is 0 Å². The van der Waals surface area contributed by atoms with Crippen molar-refractivity contribution in [1.82, 2.24) is 10.3 Å². The number of anilines is 1. The summed E-state index contributed by atoms with van der Waals surface area (Å²) in [4.78, 5) is 6.59. The second kappa shape index (κ2) is 7.34. The van der Waals surface area contributed by atoms with Gasteiger partial charge in [-0.3, -0.25) is 4.98 Å². The number of aliphatic hydroxyl groups is 1. The molecule has 0 spiro atoms. The largest absolute Gasteiger partial charge is 0.393 e. The number of aliphatic hydroxyl groups excluding tert-OH is 1. The summed E-state index contributed by atoms with van der Waals surface area (Å²) in [6.07, 6.45) is 2.41. The minimum atomic E-state index is -0.256. The smallest absolute Gasteiger partial charge is 0.0572 e. The van der Waals surface area contributed by atoms with E-state index in [0.29, 0.717) is 0 Å². The number of aromatic nitrogens is 1. The molecule has 0 aliphatic rings. The lowest BCUT2D eigenvalue weighted by molar-refractivity contribution is 0.187. The van der Waals surface area contributed by atoms with Crippen LogP contribution in [0.15, 0.2) is 18.3 Å². The normalized spacial score (nSPS) is 14.3. The van der Waals surface area contributed by atoms with E-state index in [2.05, 4.69) is 41.2 Å². The lowest BCUT2D eigenvalue weighted by atomic mass is 10.2. The van der Waals surface area contributed by atoms with Gasteiger partial charge in [0.1, 0.15) is 0 Å². The molecule has 18 heavy (non-hydrogen) atoms. The molecule has 1 rings (SSSR count). The minimum Gasteiger partial charge on any atom is -0.393 e. The Bertz CT molecular complexity index is 337. The highest BCUT2D eigenvalue weighted by atomic mass is 16.3. The highest BCUT2D eigenvalue weighted by Crippen LogP contribution is 2.15. The third kappa shape index (κ3) is 4.63. The zero-order chi connectivity index (χ0) is 13.5. The first kappa shape index (κ1) is 14.9. The van der Waals surface area contributed by atoms with Crippen molar-refractivity contribution in [3.05, 3.63) is 24.0 Å². The summed E-state index contributed by atoms with van der Waals surface area (Å²) < 4.78 is 0. The predicted molar refractivity (Wildman–Crippen MR) is 75.9 cm³/mol. The summed E-state index contributed by atoms with van der Waals surface area (Å²) in [5.74, 6) is 0. The lowest BCUT2D eigenvalue weighted by Crippen LogP contribution is -2.22. The molecule has 2 atom stereocenters. The van der Waals surface area contributed by atoms with Gasteiger partial charge >= 0.3 is 0 Å². The molecule has 0 saturated carbocycles. The number of pyridine rings is 1. The van der Waals surface area contributed by atoms with Crippen molar-refractivity contribution in [2.75, 3.05) is 25.0 Å². The van der Waals surface area contributed by atoms with Crippen LogP contribution in [0.25, 0.3) is 0 Å². The Hall–Kier alpha value is -1.13. The molecule has 0 amide bonds. The molecule has 0 bridgehead atoms. The van der Waals surface area contributed by atoms with Gasteiger partial charge in [-0.1, -0.05) is 6.92 Å². The van der Waals surface area contributed by atoms with Gasteiger partial charge in [-0.05, 0) is 38.9 Å². The maximum absolute atomic E-state index is 9.27. The molecule has 1 aromatic rings. The van der Waals surface area contributed by atoms with E-state index in [9.17, 15) is 5.11 Å². The molecule has 102 valence electrons. The molecule has 0 saturated heterocycles. The third-order valence-corrected chi connectivity index (χ3v) is 3.05. The fourth-order valence-corrected chi connectivity index (χ4v) is 1.80. The minimum absolute atomic E-state index is 0.256. The van der Waals surface area contributed by atoms with Gasteiger partial charge in [-0.25, -0.2) is 0 Å². The molecule has 2 unspecified atom stereocenters. The summed E-state index contributed by atoms with van der Waals surface area (Å²) in [7, 11) is 2.02. The SMILES string of the molecule is CCNC(C)c1ccc(N(C)CCC(C)O)cn1. The fraction of sp³-hybridized carbons (Fsp3) is 0.643. The van der Waals surface area contributed by atoms with Gasteiger partial charge in [-0.2, -0.15) is 0 Å². The Morgan fingerprint density at radius 3 is 2.61 bits per heavy atom. The molecule has 0 fully saturated rings. The van der Waals surface area contributed by atoms with E-state index in [1.165, 1.54) is 0 Å². The van der Waals surface area contributed by atoms with Crippen molar-refractivity contribution in [2.45, 2.75) is 39.3 Å². The standard InChI is InChI=1S/C14H25N3O/c1-5-15-12(3)14-7-6-13(10-16-14)17(4)9-8-11(2)18/h6-7,10-12,15,18H,5,8-9H2,1-4H3. The van der Waals surface area contributed by atoms with Gasteiger partial charge in [0.15, 0.2) is 0 Å². The monoisotopic (exact) mass is 251 g/mol. The van der Waals surface area contributed by atoms with Gasteiger partial charge in [0.05, 0.1) is 23.7 Å². The molecule has 0 aliphatic carbocycles. The Kier molecular flexibility index (Phi) is 6.09. The number of hydrogen-bond donors (Lipinski definition) is 2. The summed E-state index contributed by atoms with van der Waals surface area (Å²) in [6.45, 7) is 7.80. The van der Waals surface area contributed by atoms with E-state index in [1.807, 2.05) is 20.2 Å². The Morgan fingerprint density at radius 2 is 2.11 bits per heavy atom. The van der Waals surface area contributed by atoms with Gasteiger partial charge in [0.25, 0.3) is 0 Å². The Balaban J connectivity index is 2.58. The van der Waals surface area contributed by atoms with Crippen molar-refractivity contribution < 1.29 is 5.11 Å². The quantitative estimate of drug-likeness (QED) is 0.778. The summed E-state index contributed by atoms with van der Waals surface area (Å²) >= 11 is 0. The van der Waals surface area contributed by atoms with Crippen LogP contribution in [0.1, 0.15) is 38.9 Å². The van der Waals surface area contributed by atoms with Crippen molar-refractivity contribution >= 4 is 5.69 Å². The number of nitrogens with one attached hydrogen (secondary N) is 1. The summed E-state index contributed by atoms with van der Waals surface area (Å²) in [6, 6.07) is 4.42. The average molecular weight is 251 g/mol. The molecular formula is C14H25N3O. The summed E-state index contributed by atoms with van der Waals surface area (Å²) in [5.41, 5.74) is 2.15. The highest BCUT2D eigenvalue weighted by Gasteiger charge is 2.07. The molecule has 0 aliphatic heterocycles. The molecule has 4 nitrogen and oxygen atoms in total. The molecule has 1 heterocycles. The maximum atomic E-state index is 9.27. The van der Waals surface area contributed by atoms with E-state index in [1.54, 1.807) is 0 Å². The summed E-state index contributed by atoms with van der Waals surface area (Å²) in [5, 5.41) is 12.6. The van der Waals surface area contributed by atoms with E-state index < -0.39 is 0 Å². The second-order valence-corrected chi connectivity index (χ2v) is 4.78. The van der Waals surface area contributed by atoms with Crippen molar-refractivity contribution in [1.29, 1.82) is 0 Å². The van der Waals surface area contributed by atoms with E-state index in [-0.39, 0.29) is 12.1 Å². The highest BCUT2D eigenvalue weighted by molar-refractivity contribution is 5.43. The van der Waals surface area contributed by atoms with Crippen LogP contribution in [0.4, 0.5) is 5.69 Å². The first-order valence-electron chi connectivity index (χ1n) is 6.63. The first-order valence-corrected chi connectivity index (χ1v) is 6.63. The van der Waals surface area contributed by atoms with Crippen LogP contribution in [0.3, 0.4) is 0 Å². The van der Waals surface area contributed by atoms with E-state index >= 15 is 0 Å². The maximum Gasteiger partial charge on any atom is 0.0572 e. The molecule has 4 heteroatoms. The first-order chi connectivity index (χ1) is 8.54. The lowest BCUT2D eigenvalue weighted by Gasteiger charge is -2.20. The van der Waals surface area contributed by atoms with Crippen molar-refractivity contribution in [3.63, 3.8) is 0 Å². The number of hydrogen-bond acceptors (Lipinski definition) is 4. The predicted octanol–water partition coefficient (Wildman–Crippen LogP) is 1.96. The van der Waals surface area contributed by atoms with Gasteiger partial charge in [0, 0.05) is 19.6 Å². The van der Waals surface area contributed by atoms with E-state index in [0.717, 1.165) is 30.9 Å². The molecule has 2 N–H and O–H groups in total. The van der Waals surface area contributed by atoms with Crippen LogP contribution in [0.2, 0.25) is 0 Å². The Labute approximate surface area is 110 Å². The second-order valence-electron chi connectivity index (χ2n) is 4.78. The van der Waals surface area contributed by atoms with Gasteiger partial charge < -0.3 is 15.3 Å².